The summed E-state index contributed by atoms with van der Waals surface area (Å²) in [6, 6.07) is 0. The molecule has 1 unspecified atom stereocenters. The van der Waals surface area contributed by atoms with Crippen molar-refractivity contribution in [3.05, 3.63) is 0 Å². The summed E-state index contributed by atoms with van der Waals surface area (Å²) in [6.07, 6.45) is 0. The minimum Gasteiger partial charge on any atom is -0.382 e. The molecule has 1 saturated heterocycles. The fourth-order valence-corrected chi connectivity index (χ4v) is 2.65. The van der Waals surface area contributed by atoms with Gasteiger partial charge in [-0.25, -0.2) is 0 Å². The Kier molecular flexibility index (Phi) is 2.35. The van der Waals surface area contributed by atoms with Crippen LogP contribution >= 0.6 is 23.5 Å². The molecule has 0 aromatic heterocycles. The molecular formula is C4H8OS2. The number of rotatable bonds is 0. The van der Waals surface area contributed by atoms with Gasteiger partial charge in [0, 0.05) is 17.3 Å². The van der Waals surface area contributed by atoms with Gasteiger partial charge in [-0.05, 0) is 0 Å². The highest BCUT2D eigenvalue weighted by molar-refractivity contribution is 8.06. The van der Waals surface area contributed by atoms with Gasteiger partial charge in [0.25, 0.3) is 0 Å². The van der Waals surface area contributed by atoms with Crippen molar-refractivity contribution in [2.75, 3.05) is 17.3 Å². The van der Waals surface area contributed by atoms with E-state index < -0.39 is 0 Å². The minimum atomic E-state index is -0.0845. The summed E-state index contributed by atoms with van der Waals surface area (Å²) in [7, 11) is 0. The third-order valence-corrected chi connectivity index (χ3v) is 3.30. The summed E-state index contributed by atoms with van der Waals surface area (Å²) in [5.41, 5.74) is -0.0845. The van der Waals surface area contributed by atoms with Gasteiger partial charge < -0.3 is 5.11 Å². The van der Waals surface area contributed by atoms with E-state index in [1.807, 2.05) is 11.8 Å². The molecule has 1 N–H and O–H groups in total. The topological polar surface area (TPSA) is 20.2 Å². The largest absolute Gasteiger partial charge is 0.382 e. The van der Waals surface area contributed by atoms with Crippen LogP contribution in [0.2, 0.25) is 0 Å². The lowest BCUT2D eigenvalue weighted by Crippen LogP contribution is -2.11. The molecule has 0 aromatic rings. The molecule has 1 heterocycles. The Bertz CT molecular complexity index is 51.7. The number of hydrogen-bond donors (Lipinski definition) is 1. The van der Waals surface area contributed by atoms with Crippen molar-refractivity contribution in [3.63, 3.8) is 0 Å². The lowest BCUT2D eigenvalue weighted by Gasteiger charge is -2.14. The highest BCUT2D eigenvalue weighted by atomic mass is 32.2. The Morgan fingerprint density at radius 2 is 2.29 bits per heavy atom. The predicted molar refractivity (Wildman–Crippen MR) is 35.8 cm³/mol. The maximum atomic E-state index is 8.85. The van der Waals surface area contributed by atoms with E-state index in [-0.39, 0.29) is 5.44 Å². The molecule has 0 spiro atoms. The van der Waals surface area contributed by atoms with Crippen molar-refractivity contribution in [1.82, 2.24) is 0 Å². The molecule has 1 nitrogen and oxygen atoms in total. The van der Waals surface area contributed by atoms with Crippen molar-refractivity contribution in [3.8, 4) is 0 Å². The van der Waals surface area contributed by atoms with Gasteiger partial charge in [0.05, 0.1) is 0 Å². The number of aliphatic hydroxyl groups excluding tert-OH is 1. The first-order valence-corrected chi connectivity index (χ1v) is 4.47. The molecule has 1 aliphatic heterocycles. The van der Waals surface area contributed by atoms with Crippen LogP contribution in [0.4, 0.5) is 0 Å². The van der Waals surface area contributed by atoms with Crippen molar-refractivity contribution >= 4 is 23.5 Å². The Labute approximate surface area is 51.9 Å². The monoisotopic (exact) mass is 136 g/mol. The van der Waals surface area contributed by atoms with Gasteiger partial charge in [-0.1, -0.05) is 0 Å². The fourth-order valence-electron chi connectivity index (χ4n) is 0.475. The maximum absolute atomic E-state index is 8.85. The summed E-state index contributed by atoms with van der Waals surface area (Å²) in [5.74, 6) is 3.25. The van der Waals surface area contributed by atoms with Crippen molar-refractivity contribution < 1.29 is 5.11 Å². The van der Waals surface area contributed by atoms with E-state index in [0.717, 1.165) is 11.5 Å². The maximum Gasteiger partial charge on any atom is 0.108 e. The summed E-state index contributed by atoms with van der Waals surface area (Å²) >= 11 is 3.48. The zero-order valence-corrected chi connectivity index (χ0v) is 5.60. The second-order valence-electron chi connectivity index (χ2n) is 1.40. The molecular weight excluding hydrogens is 128 g/mol. The summed E-state index contributed by atoms with van der Waals surface area (Å²) in [5, 5.41) is 8.85. The minimum absolute atomic E-state index is 0.0845. The lowest BCUT2D eigenvalue weighted by molar-refractivity contribution is 0.287. The molecule has 3 heteroatoms. The second kappa shape index (κ2) is 2.84. The van der Waals surface area contributed by atoms with Gasteiger partial charge in [-0.15, -0.1) is 11.8 Å². The smallest absolute Gasteiger partial charge is 0.108 e. The van der Waals surface area contributed by atoms with Crippen LogP contribution in [0.3, 0.4) is 0 Å². The molecule has 42 valence electrons. The molecule has 1 atom stereocenters. The summed E-state index contributed by atoms with van der Waals surface area (Å²) in [4.78, 5) is 0. The zero-order valence-electron chi connectivity index (χ0n) is 3.96. The van der Waals surface area contributed by atoms with Crippen molar-refractivity contribution in [1.29, 1.82) is 0 Å². The van der Waals surface area contributed by atoms with Crippen LogP contribution in [0, 0.1) is 0 Å². The standard InChI is InChI=1S/C4H8OS2/c5-4-3-6-1-2-7-4/h4-5H,1-3H2. The number of aliphatic hydroxyl groups is 1. The third-order valence-electron chi connectivity index (χ3n) is 0.798. The normalized spacial score (nSPS) is 33.0. The van der Waals surface area contributed by atoms with E-state index in [4.69, 9.17) is 5.11 Å². The predicted octanol–water partition coefficient (Wildman–Crippen LogP) is 0.785. The third kappa shape index (κ3) is 1.93. The first kappa shape index (κ1) is 5.79. The first-order chi connectivity index (χ1) is 3.39. The van der Waals surface area contributed by atoms with E-state index in [2.05, 4.69) is 0 Å². The quantitative estimate of drug-likeness (QED) is 0.531. The highest BCUT2D eigenvalue weighted by Gasteiger charge is 2.08. The average molecular weight is 136 g/mol. The summed E-state index contributed by atoms with van der Waals surface area (Å²) in [6.45, 7) is 0. The van der Waals surface area contributed by atoms with Crippen LogP contribution in [0.5, 0.6) is 0 Å². The Hall–Kier alpha value is 0.660. The lowest BCUT2D eigenvalue weighted by atomic mass is 10.8. The molecule has 7 heavy (non-hydrogen) atoms. The Morgan fingerprint density at radius 1 is 1.43 bits per heavy atom. The molecule has 0 aliphatic carbocycles. The van der Waals surface area contributed by atoms with Gasteiger partial charge in [0.15, 0.2) is 0 Å². The number of thioether (sulfide) groups is 2. The van der Waals surface area contributed by atoms with Crippen LogP contribution in [-0.4, -0.2) is 27.8 Å². The molecule has 1 rings (SSSR count). The second-order valence-corrected chi connectivity index (χ2v) is 3.84. The van der Waals surface area contributed by atoms with Crippen LogP contribution in [0.25, 0.3) is 0 Å². The molecule has 0 bridgehead atoms. The van der Waals surface area contributed by atoms with E-state index >= 15 is 0 Å². The van der Waals surface area contributed by atoms with Crippen molar-refractivity contribution in [2.24, 2.45) is 0 Å². The SMILES string of the molecule is OC1CSCCS1. The van der Waals surface area contributed by atoms with E-state index in [1.165, 1.54) is 5.75 Å². The zero-order chi connectivity index (χ0) is 5.11. The van der Waals surface area contributed by atoms with Gasteiger partial charge in [-0.2, -0.15) is 11.8 Å². The molecule has 0 saturated carbocycles. The van der Waals surface area contributed by atoms with Crippen LogP contribution in [-0.2, 0) is 0 Å². The van der Waals surface area contributed by atoms with Crippen LogP contribution < -0.4 is 0 Å². The van der Waals surface area contributed by atoms with Gasteiger partial charge in [-0.3, -0.25) is 0 Å². The Balaban J connectivity index is 2.12. The summed E-state index contributed by atoms with van der Waals surface area (Å²) < 4.78 is 0. The molecule has 1 aliphatic rings. The molecule has 0 aromatic carbocycles. The average Bonchev–Trinajstić information content (AvgIpc) is 1.69. The van der Waals surface area contributed by atoms with E-state index in [1.54, 1.807) is 11.8 Å². The van der Waals surface area contributed by atoms with E-state index in [0.29, 0.717) is 0 Å². The van der Waals surface area contributed by atoms with E-state index in [9.17, 15) is 0 Å². The van der Waals surface area contributed by atoms with Gasteiger partial charge in [0.2, 0.25) is 0 Å². The van der Waals surface area contributed by atoms with Crippen LogP contribution in [0.15, 0.2) is 0 Å². The molecule has 0 amide bonds. The first-order valence-electron chi connectivity index (χ1n) is 2.27. The molecule has 0 radical (unpaired) electrons. The van der Waals surface area contributed by atoms with Gasteiger partial charge >= 0.3 is 0 Å². The van der Waals surface area contributed by atoms with Crippen LogP contribution in [0.1, 0.15) is 0 Å². The molecule has 1 fully saturated rings. The number of hydrogen-bond acceptors (Lipinski definition) is 3. The fraction of sp³-hybridized carbons (Fsp3) is 1.00. The van der Waals surface area contributed by atoms with Crippen molar-refractivity contribution in [2.45, 2.75) is 5.44 Å². The Morgan fingerprint density at radius 3 is 2.57 bits per heavy atom. The van der Waals surface area contributed by atoms with Gasteiger partial charge in [0.1, 0.15) is 5.44 Å². The highest BCUT2D eigenvalue weighted by Crippen LogP contribution is 2.20.